The van der Waals surface area contributed by atoms with Crippen molar-refractivity contribution in [3.63, 3.8) is 0 Å². The van der Waals surface area contributed by atoms with Gasteiger partial charge in [-0.25, -0.2) is 5.43 Å². The molecule has 0 aliphatic heterocycles. The Balaban J connectivity index is 2.79. The topological polar surface area (TPSA) is 94.3 Å². The lowest BCUT2D eigenvalue weighted by atomic mass is 10.1. The van der Waals surface area contributed by atoms with Gasteiger partial charge in [-0.15, -0.1) is 0 Å². The van der Waals surface area contributed by atoms with Crippen LogP contribution < -0.4 is 10.7 Å². The van der Waals surface area contributed by atoms with Gasteiger partial charge in [-0.2, -0.15) is 10.4 Å². The van der Waals surface area contributed by atoms with Crippen LogP contribution in [0.1, 0.15) is 25.8 Å². The highest BCUT2D eigenvalue weighted by molar-refractivity contribution is 6.00. The Morgan fingerprint density at radius 2 is 2.11 bits per heavy atom. The molecule has 1 aromatic carbocycles. The summed E-state index contributed by atoms with van der Waals surface area (Å²) in [6, 6.07) is 8.82. The van der Waals surface area contributed by atoms with Crippen LogP contribution in [0, 0.1) is 11.3 Å². The molecule has 0 radical (unpaired) electrons. The maximum atomic E-state index is 11.1. The van der Waals surface area contributed by atoms with E-state index >= 15 is 0 Å². The van der Waals surface area contributed by atoms with E-state index in [0.717, 1.165) is 5.56 Å². The average molecular weight is 258 g/mol. The van der Waals surface area contributed by atoms with E-state index in [1.54, 1.807) is 37.3 Å². The number of benzene rings is 1. The van der Waals surface area contributed by atoms with Crippen molar-refractivity contribution < 1.29 is 9.59 Å². The molecule has 1 aromatic rings. The summed E-state index contributed by atoms with van der Waals surface area (Å²) in [4.78, 5) is 22.0. The van der Waals surface area contributed by atoms with E-state index in [2.05, 4.69) is 15.8 Å². The first-order valence-corrected chi connectivity index (χ1v) is 5.61. The van der Waals surface area contributed by atoms with E-state index in [0.29, 0.717) is 11.4 Å². The maximum absolute atomic E-state index is 11.1. The Morgan fingerprint density at radius 3 is 2.74 bits per heavy atom. The fourth-order valence-corrected chi connectivity index (χ4v) is 1.35. The predicted octanol–water partition coefficient (Wildman–Crippen LogP) is 1.40. The lowest BCUT2D eigenvalue weighted by Gasteiger charge is -2.05. The van der Waals surface area contributed by atoms with Crippen molar-refractivity contribution in [2.24, 2.45) is 5.10 Å². The number of hydrogen-bond acceptors (Lipinski definition) is 4. The second kappa shape index (κ2) is 6.91. The quantitative estimate of drug-likeness (QED) is 0.631. The van der Waals surface area contributed by atoms with Crippen LogP contribution in [0.25, 0.3) is 0 Å². The normalized spacial score (nSPS) is 10.5. The molecule has 0 saturated carbocycles. The van der Waals surface area contributed by atoms with Gasteiger partial charge in [0.15, 0.2) is 0 Å². The van der Waals surface area contributed by atoms with E-state index in [4.69, 9.17) is 5.26 Å². The van der Waals surface area contributed by atoms with E-state index in [9.17, 15) is 9.59 Å². The monoisotopic (exact) mass is 258 g/mol. The average Bonchev–Trinajstić information content (AvgIpc) is 2.36. The van der Waals surface area contributed by atoms with Gasteiger partial charge in [0.1, 0.15) is 6.42 Å². The molecule has 6 heteroatoms. The third kappa shape index (κ3) is 5.00. The van der Waals surface area contributed by atoms with Crippen molar-refractivity contribution in [2.45, 2.75) is 20.3 Å². The fourth-order valence-electron chi connectivity index (χ4n) is 1.35. The number of hydrazone groups is 1. The molecule has 0 bridgehead atoms. The maximum Gasteiger partial charge on any atom is 0.254 e. The molecule has 0 spiro atoms. The minimum Gasteiger partial charge on any atom is -0.326 e. The van der Waals surface area contributed by atoms with Gasteiger partial charge in [0.25, 0.3) is 5.91 Å². The summed E-state index contributed by atoms with van der Waals surface area (Å²) in [6.45, 7) is 3.15. The second-order valence-electron chi connectivity index (χ2n) is 3.83. The molecule has 0 aliphatic rings. The number of carbonyl (C=O) groups excluding carboxylic acids is 2. The Morgan fingerprint density at radius 1 is 1.37 bits per heavy atom. The van der Waals surface area contributed by atoms with Crippen LogP contribution in [0.4, 0.5) is 5.69 Å². The standard InChI is InChI=1S/C13H14N4O2/c1-9(16-17-13(19)6-7-14)11-4-3-5-12(8-11)15-10(2)18/h3-5,8H,6H2,1-2H3,(H,15,18)(H,17,19)/b16-9-. The second-order valence-corrected chi connectivity index (χ2v) is 3.83. The molecule has 1 rings (SSSR count). The van der Waals surface area contributed by atoms with Crippen molar-refractivity contribution in [3.8, 4) is 6.07 Å². The Hall–Kier alpha value is -2.68. The van der Waals surface area contributed by atoms with Crippen LogP contribution in [0.2, 0.25) is 0 Å². The van der Waals surface area contributed by atoms with E-state index in [1.807, 2.05) is 0 Å². The van der Waals surface area contributed by atoms with Gasteiger partial charge in [-0.1, -0.05) is 12.1 Å². The first-order valence-electron chi connectivity index (χ1n) is 5.61. The minimum absolute atomic E-state index is 0.158. The van der Waals surface area contributed by atoms with Crippen molar-refractivity contribution in [1.82, 2.24) is 5.43 Å². The van der Waals surface area contributed by atoms with Gasteiger partial charge in [-0.05, 0) is 24.6 Å². The summed E-state index contributed by atoms with van der Waals surface area (Å²) in [5.41, 5.74) is 4.29. The van der Waals surface area contributed by atoms with Crippen molar-refractivity contribution in [1.29, 1.82) is 5.26 Å². The highest BCUT2D eigenvalue weighted by Gasteiger charge is 2.02. The van der Waals surface area contributed by atoms with Crippen LogP contribution in [-0.4, -0.2) is 17.5 Å². The van der Waals surface area contributed by atoms with Crippen LogP contribution >= 0.6 is 0 Å². The number of amides is 2. The summed E-state index contributed by atoms with van der Waals surface area (Å²) in [7, 11) is 0. The molecular formula is C13H14N4O2. The lowest BCUT2D eigenvalue weighted by Crippen LogP contribution is -2.18. The van der Waals surface area contributed by atoms with Crippen LogP contribution in [-0.2, 0) is 9.59 Å². The first-order chi connectivity index (χ1) is 9.02. The third-order valence-electron chi connectivity index (χ3n) is 2.19. The van der Waals surface area contributed by atoms with E-state index in [-0.39, 0.29) is 12.3 Å². The van der Waals surface area contributed by atoms with Crippen molar-refractivity contribution >= 4 is 23.2 Å². The summed E-state index contributed by atoms with van der Waals surface area (Å²) >= 11 is 0. The Kier molecular flexibility index (Phi) is 5.23. The summed E-state index contributed by atoms with van der Waals surface area (Å²) in [5, 5.41) is 14.9. The molecule has 2 amide bonds. The van der Waals surface area contributed by atoms with Crippen molar-refractivity contribution in [3.05, 3.63) is 29.8 Å². The van der Waals surface area contributed by atoms with Gasteiger partial charge in [-0.3, -0.25) is 9.59 Å². The molecule has 19 heavy (non-hydrogen) atoms. The SMILES string of the molecule is CC(=O)Nc1cccc(/C(C)=N\NC(=O)CC#N)c1. The molecule has 0 saturated heterocycles. The minimum atomic E-state index is -0.458. The summed E-state index contributed by atoms with van der Waals surface area (Å²) in [6.07, 6.45) is -0.233. The van der Waals surface area contributed by atoms with Crippen LogP contribution in [0.3, 0.4) is 0 Å². The third-order valence-corrected chi connectivity index (χ3v) is 2.19. The number of rotatable bonds is 4. The molecule has 2 N–H and O–H groups in total. The predicted molar refractivity (Wildman–Crippen MR) is 71.3 cm³/mol. The summed E-state index contributed by atoms with van der Waals surface area (Å²) < 4.78 is 0. The molecule has 6 nitrogen and oxygen atoms in total. The fraction of sp³-hybridized carbons (Fsp3) is 0.231. The molecule has 0 aliphatic carbocycles. The molecule has 0 atom stereocenters. The lowest BCUT2D eigenvalue weighted by molar-refractivity contribution is -0.120. The smallest absolute Gasteiger partial charge is 0.254 e. The number of anilines is 1. The number of nitrogens with one attached hydrogen (secondary N) is 2. The zero-order chi connectivity index (χ0) is 14.3. The molecular weight excluding hydrogens is 244 g/mol. The van der Waals surface area contributed by atoms with E-state index < -0.39 is 5.91 Å². The van der Waals surface area contributed by atoms with Gasteiger partial charge in [0.05, 0.1) is 11.8 Å². The zero-order valence-electron chi connectivity index (χ0n) is 10.7. The number of carbonyl (C=O) groups is 2. The molecule has 0 heterocycles. The highest BCUT2D eigenvalue weighted by atomic mass is 16.2. The van der Waals surface area contributed by atoms with Gasteiger partial charge < -0.3 is 5.32 Å². The van der Waals surface area contributed by atoms with Crippen molar-refractivity contribution in [2.75, 3.05) is 5.32 Å². The largest absolute Gasteiger partial charge is 0.326 e. The highest BCUT2D eigenvalue weighted by Crippen LogP contribution is 2.11. The van der Waals surface area contributed by atoms with E-state index in [1.165, 1.54) is 6.92 Å². The van der Waals surface area contributed by atoms with Gasteiger partial charge in [0.2, 0.25) is 5.91 Å². The molecule has 0 aromatic heterocycles. The first kappa shape index (κ1) is 14.4. The molecule has 0 fully saturated rings. The van der Waals surface area contributed by atoms with Gasteiger partial charge in [0, 0.05) is 12.6 Å². The Bertz CT molecular complexity index is 558. The van der Waals surface area contributed by atoms with Gasteiger partial charge >= 0.3 is 0 Å². The molecule has 98 valence electrons. The number of hydrogen-bond donors (Lipinski definition) is 2. The Labute approximate surface area is 111 Å². The number of nitrogens with zero attached hydrogens (tertiary/aromatic N) is 2. The van der Waals surface area contributed by atoms with Crippen LogP contribution in [0.15, 0.2) is 29.4 Å². The zero-order valence-corrected chi connectivity index (χ0v) is 10.7. The summed E-state index contributed by atoms with van der Waals surface area (Å²) in [5.74, 6) is -0.617. The molecule has 0 unspecified atom stereocenters. The van der Waals surface area contributed by atoms with Crippen LogP contribution in [0.5, 0.6) is 0 Å². The number of nitriles is 1.